The second-order valence-corrected chi connectivity index (χ2v) is 6.28. The molecular formula is C15H24N2O2. The highest BCUT2D eigenvalue weighted by molar-refractivity contribution is 5.31. The van der Waals surface area contributed by atoms with Crippen molar-refractivity contribution in [3.63, 3.8) is 0 Å². The Labute approximate surface area is 115 Å². The Morgan fingerprint density at radius 2 is 1.53 bits per heavy atom. The fourth-order valence-corrected chi connectivity index (χ4v) is 3.46. The van der Waals surface area contributed by atoms with Crippen LogP contribution in [0.3, 0.4) is 0 Å². The van der Waals surface area contributed by atoms with Crippen LogP contribution in [0.15, 0.2) is 30.3 Å². The summed E-state index contributed by atoms with van der Waals surface area (Å²) in [6, 6.07) is 10.1. The summed E-state index contributed by atoms with van der Waals surface area (Å²) in [7, 11) is 1.65. The molecule has 1 N–H and O–H groups in total. The second kappa shape index (κ2) is 4.28. The Morgan fingerprint density at radius 1 is 1.00 bits per heavy atom. The summed E-state index contributed by atoms with van der Waals surface area (Å²) in [5.41, 5.74) is -0.493. The summed E-state index contributed by atoms with van der Waals surface area (Å²) in [5.74, 6) is 0. The fourth-order valence-electron chi connectivity index (χ4n) is 3.46. The Morgan fingerprint density at radius 3 is 1.95 bits per heavy atom. The second-order valence-electron chi connectivity index (χ2n) is 6.28. The molecule has 1 aliphatic rings. The van der Waals surface area contributed by atoms with Gasteiger partial charge in [0.15, 0.2) is 0 Å². The van der Waals surface area contributed by atoms with Crippen molar-refractivity contribution in [2.24, 2.45) is 0 Å². The van der Waals surface area contributed by atoms with E-state index in [0.29, 0.717) is 0 Å². The molecule has 0 radical (unpaired) electrons. The van der Waals surface area contributed by atoms with Crippen LogP contribution >= 0.6 is 0 Å². The van der Waals surface area contributed by atoms with Gasteiger partial charge in [0.25, 0.3) is 0 Å². The number of hydrogen-bond donors (Lipinski definition) is 1. The van der Waals surface area contributed by atoms with Crippen molar-refractivity contribution in [2.75, 3.05) is 7.11 Å². The third kappa shape index (κ3) is 1.68. The van der Waals surface area contributed by atoms with Gasteiger partial charge in [0.2, 0.25) is 0 Å². The largest absolute Gasteiger partial charge is 0.311 e. The minimum atomic E-state index is -0.608. The number of benzene rings is 1. The first-order valence-electron chi connectivity index (χ1n) is 6.60. The lowest BCUT2D eigenvalue weighted by Crippen LogP contribution is -2.53. The zero-order valence-corrected chi connectivity index (χ0v) is 12.6. The standard InChI is InChI=1S/C15H24N2O2/c1-13(2)15(5,12-10-8-7-9-11-12)16(18)14(3,4)17(13)19-6/h7-11,18H,1-6H3. The van der Waals surface area contributed by atoms with E-state index < -0.39 is 11.2 Å². The van der Waals surface area contributed by atoms with E-state index >= 15 is 0 Å². The van der Waals surface area contributed by atoms with Gasteiger partial charge >= 0.3 is 0 Å². The summed E-state index contributed by atoms with van der Waals surface area (Å²) in [5, 5.41) is 14.0. The van der Waals surface area contributed by atoms with E-state index in [1.54, 1.807) is 7.11 Å². The Hall–Kier alpha value is -0.940. The van der Waals surface area contributed by atoms with E-state index in [1.165, 1.54) is 5.06 Å². The van der Waals surface area contributed by atoms with E-state index in [1.807, 2.05) is 56.2 Å². The molecule has 0 bridgehead atoms. The molecule has 2 rings (SSSR count). The maximum Gasteiger partial charge on any atom is 0.117 e. The van der Waals surface area contributed by atoms with Gasteiger partial charge in [-0.15, -0.1) is 0 Å². The minimum Gasteiger partial charge on any atom is -0.311 e. The molecule has 0 spiro atoms. The van der Waals surface area contributed by atoms with Crippen LogP contribution in [0.2, 0.25) is 0 Å². The number of nitrogens with zero attached hydrogens (tertiary/aromatic N) is 2. The smallest absolute Gasteiger partial charge is 0.117 e. The number of hydrogen-bond acceptors (Lipinski definition) is 4. The van der Waals surface area contributed by atoms with Gasteiger partial charge in [0.1, 0.15) is 5.66 Å². The van der Waals surface area contributed by atoms with Crippen LogP contribution in [0, 0.1) is 0 Å². The topological polar surface area (TPSA) is 35.9 Å². The van der Waals surface area contributed by atoms with Crippen molar-refractivity contribution in [2.45, 2.75) is 51.4 Å². The third-order valence-corrected chi connectivity index (χ3v) is 4.66. The Balaban J connectivity index is 2.63. The normalized spacial score (nSPS) is 30.7. The molecule has 0 aliphatic carbocycles. The average molecular weight is 264 g/mol. The van der Waals surface area contributed by atoms with Crippen LogP contribution in [0.25, 0.3) is 0 Å². The first-order valence-corrected chi connectivity index (χ1v) is 6.60. The van der Waals surface area contributed by atoms with Gasteiger partial charge in [-0.3, -0.25) is 4.84 Å². The van der Waals surface area contributed by atoms with E-state index in [4.69, 9.17) is 4.84 Å². The molecule has 1 heterocycles. The van der Waals surface area contributed by atoms with E-state index in [-0.39, 0.29) is 5.54 Å². The fraction of sp³-hybridized carbons (Fsp3) is 0.600. The van der Waals surface area contributed by atoms with Gasteiger partial charge in [0, 0.05) is 0 Å². The van der Waals surface area contributed by atoms with Crippen molar-refractivity contribution in [3.05, 3.63) is 35.9 Å². The summed E-state index contributed by atoms with van der Waals surface area (Å²) >= 11 is 0. The average Bonchev–Trinajstić information content (AvgIpc) is 2.47. The van der Waals surface area contributed by atoms with Gasteiger partial charge < -0.3 is 5.21 Å². The highest BCUT2D eigenvalue weighted by Gasteiger charge is 2.65. The van der Waals surface area contributed by atoms with Crippen LogP contribution in [0.1, 0.15) is 40.2 Å². The summed E-state index contributed by atoms with van der Waals surface area (Å²) < 4.78 is 0. The lowest BCUT2D eigenvalue weighted by Gasteiger charge is -2.42. The minimum absolute atomic E-state index is 0.388. The van der Waals surface area contributed by atoms with E-state index in [0.717, 1.165) is 5.56 Å². The molecule has 1 saturated heterocycles. The monoisotopic (exact) mass is 264 g/mol. The van der Waals surface area contributed by atoms with Gasteiger partial charge in [-0.2, -0.15) is 10.1 Å². The molecule has 4 nitrogen and oxygen atoms in total. The lowest BCUT2D eigenvalue weighted by atomic mass is 9.77. The molecule has 1 unspecified atom stereocenters. The highest BCUT2D eigenvalue weighted by Crippen LogP contribution is 2.52. The molecule has 0 amide bonds. The van der Waals surface area contributed by atoms with Crippen LogP contribution in [0.5, 0.6) is 0 Å². The zero-order valence-electron chi connectivity index (χ0n) is 12.6. The van der Waals surface area contributed by atoms with Crippen molar-refractivity contribution in [3.8, 4) is 0 Å². The molecular weight excluding hydrogens is 240 g/mol. The number of rotatable bonds is 2. The van der Waals surface area contributed by atoms with Crippen molar-refractivity contribution in [1.82, 2.24) is 10.1 Å². The van der Waals surface area contributed by atoms with Crippen LogP contribution < -0.4 is 0 Å². The number of hydroxylamine groups is 4. The highest BCUT2D eigenvalue weighted by atomic mass is 16.7. The predicted octanol–water partition coefficient (Wildman–Crippen LogP) is 2.98. The first kappa shape index (κ1) is 14.5. The molecule has 4 heteroatoms. The molecule has 1 atom stereocenters. The SMILES string of the molecule is CON1C(C)(C)N(O)C(C)(c2ccccc2)C1(C)C. The maximum absolute atomic E-state index is 10.8. The van der Waals surface area contributed by atoms with Gasteiger partial charge in [-0.1, -0.05) is 30.3 Å². The summed E-state index contributed by atoms with van der Waals surface area (Å²) in [6.45, 7) is 10.1. The van der Waals surface area contributed by atoms with Crippen LogP contribution in [-0.4, -0.2) is 33.6 Å². The Kier molecular flexibility index (Phi) is 3.26. The molecule has 0 saturated carbocycles. The molecule has 0 aromatic heterocycles. The van der Waals surface area contributed by atoms with Crippen LogP contribution in [-0.2, 0) is 10.4 Å². The van der Waals surface area contributed by atoms with E-state index in [2.05, 4.69) is 13.8 Å². The van der Waals surface area contributed by atoms with Crippen LogP contribution in [0.4, 0.5) is 0 Å². The zero-order chi connectivity index (χ0) is 14.5. The molecule has 1 aromatic carbocycles. The molecule has 1 aliphatic heterocycles. The van der Waals surface area contributed by atoms with Gasteiger partial charge in [0.05, 0.1) is 18.2 Å². The molecule has 19 heavy (non-hydrogen) atoms. The van der Waals surface area contributed by atoms with Crippen molar-refractivity contribution >= 4 is 0 Å². The summed E-state index contributed by atoms with van der Waals surface area (Å²) in [4.78, 5) is 5.56. The molecule has 1 fully saturated rings. The first-order chi connectivity index (χ1) is 8.70. The third-order valence-electron chi connectivity index (χ3n) is 4.66. The van der Waals surface area contributed by atoms with Gasteiger partial charge in [-0.05, 0) is 40.2 Å². The van der Waals surface area contributed by atoms with Crippen molar-refractivity contribution < 1.29 is 10.0 Å². The lowest BCUT2D eigenvalue weighted by molar-refractivity contribution is -0.278. The maximum atomic E-state index is 10.8. The Bertz CT molecular complexity index is 458. The van der Waals surface area contributed by atoms with E-state index in [9.17, 15) is 5.21 Å². The quantitative estimate of drug-likeness (QED) is 0.891. The predicted molar refractivity (Wildman–Crippen MR) is 74.4 cm³/mol. The summed E-state index contributed by atoms with van der Waals surface area (Å²) in [6.07, 6.45) is 0. The molecule has 106 valence electrons. The van der Waals surface area contributed by atoms with Crippen molar-refractivity contribution in [1.29, 1.82) is 0 Å². The van der Waals surface area contributed by atoms with Gasteiger partial charge in [-0.25, -0.2) is 0 Å². The molecule has 1 aromatic rings.